The lowest BCUT2D eigenvalue weighted by Crippen LogP contribution is -2.15. The van der Waals surface area contributed by atoms with Gasteiger partial charge in [0.1, 0.15) is 6.61 Å². The Morgan fingerprint density at radius 1 is 0.340 bits per heavy atom. The molecule has 0 spiro atoms. The van der Waals surface area contributed by atoms with E-state index in [2.05, 4.69) is 11.7 Å². The second-order valence-electron chi connectivity index (χ2n) is 10.6. The summed E-state index contributed by atoms with van der Waals surface area (Å²) in [5.74, 6) is -0.426. The van der Waals surface area contributed by atoms with Gasteiger partial charge in [-0.1, -0.05) is 58.3 Å². The number of hydrogen-bond acceptors (Lipinski definition) is 13. The highest BCUT2D eigenvalue weighted by atomic mass is 16.6. The van der Waals surface area contributed by atoms with Crippen LogP contribution >= 0.6 is 0 Å². The lowest BCUT2D eigenvalue weighted by molar-refractivity contribution is -0.145. The van der Waals surface area contributed by atoms with Crippen molar-refractivity contribution in [2.24, 2.45) is 0 Å². The Balaban J connectivity index is 3.12. The highest BCUT2D eigenvalue weighted by molar-refractivity contribution is 5.69. The number of ether oxygens (including phenoxy) is 11. The minimum absolute atomic E-state index is 0.140. The van der Waals surface area contributed by atoms with Gasteiger partial charge in [-0.25, -0.2) is 0 Å². The van der Waals surface area contributed by atoms with Crippen LogP contribution in [-0.4, -0.2) is 145 Å². The summed E-state index contributed by atoms with van der Waals surface area (Å²) in [6, 6.07) is 0. The average molecular weight is 683 g/mol. The molecule has 0 aliphatic rings. The van der Waals surface area contributed by atoms with Gasteiger partial charge >= 0.3 is 11.9 Å². The number of methoxy groups -OCH3 is 1. The maximum absolute atomic E-state index is 11.8. The largest absolute Gasteiger partial charge is 0.469 e. The Labute approximate surface area is 283 Å². The van der Waals surface area contributed by atoms with Crippen molar-refractivity contribution >= 4 is 11.9 Å². The molecule has 0 atom stereocenters. The molecule has 0 aromatic rings. The molecule has 0 aliphatic carbocycles. The van der Waals surface area contributed by atoms with E-state index >= 15 is 0 Å². The van der Waals surface area contributed by atoms with E-state index in [0.29, 0.717) is 125 Å². The molecule has 0 saturated carbocycles. The summed E-state index contributed by atoms with van der Waals surface area (Å²) in [5.41, 5.74) is 0. The molecule has 0 radical (unpaired) electrons. The fraction of sp³-hybridized carbons (Fsp3) is 0.941. The Morgan fingerprint density at radius 2 is 0.638 bits per heavy atom. The van der Waals surface area contributed by atoms with Crippen molar-refractivity contribution < 1.29 is 61.7 Å². The van der Waals surface area contributed by atoms with E-state index in [4.69, 9.17) is 47.4 Å². The predicted molar refractivity (Wildman–Crippen MR) is 177 cm³/mol. The molecule has 0 amide bonds. The lowest BCUT2D eigenvalue weighted by Gasteiger charge is -2.09. The maximum atomic E-state index is 11.8. The third-order valence-corrected chi connectivity index (χ3v) is 6.63. The number of carbonyl (C=O) groups excluding carboxylic acids is 2. The first kappa shape index (κ1) is 45.6. The molecule has 0 aromatic heterocycles. The van der Waals surface area contributed by atoms with Gasteiger partial charge < -0.3 is 52.1 Å². The van der Waals surface area contributed by atoms with Crippen LogP contribution in [0.2, 0.25) is 0 Å². The van der Waals surface area contributed by atoms with Crippen molar-refractivity contribution in [3.63, 3.8) is 0 Å². The monoisotopic (exact) mass is 682 g/mol. The van der Waals surface area contributed by atoms with Crippen molar-refractivity contribution in [3.05, 3.63) is 0 Å². The predicted octanol–water partition coefficient (Wildman–Crippen LogP) is 4.16. The molecule has 47 heavy (non-hydrogen) atoms. The topological polar surface area (TPSA) is 136 Å². The van der Waals surface area contributed by atoms with Crippen molar-refractivity contribution in [3.8, 4) is 0 Å². The minimum Gasteiger partial charge on any atom is -0.469 e. The van der Waals surface area contributed by atoms with Gasteiger partial charge in [0.2, 0.25) is 0 Å². The molecule has 0 heterocycles. The second-order valence-corrected chi connectivity index (χ2v) is 10.6. The molecule has 0 unspecified atom stereocenters. The van der Waals surface area contributed by atoms with Gasteiger partial charge in [0.25, 0.3) is 0 Å². The molecule has 13 nitrogen and oxygen atoms in total. The smallest absolute Gasteiger partial charge is 0.307 e. The molecule has 0 fully saturated rings. The SMILES string of the molecule is CCCCCCCCCCCC(=O)OCCOCCOCCOCCOCCOCCOCCOCCOCCOCCC(=O)OC. The van der Waals surface area contributed by atoms with E-state index in [-0.39, 0.29) is 25.0 Å². The Bertz CT molecular complexity index is 639. The van der Waals surface area contributed by atoms with Gasteiger partial charge in [0.15, 0.2) is 0 Å². The van der Waals surface area contributed by atoms with E-state index in [9.17, 15) is 9.59 Å². The van der Waals surface area contributed by atoms with E-state index in [1.54, 1.807) is 0 Å². The van der Waals surface area contributed by atoms with Gasteiger partial charge in [-0.3, -0.25) is 9.59 Å². The average Bonchev–Trinajstić information content (AvgIpc) is 3.08. The standard InChI is InChI=1S/C34H66O13/c1-3-4-5-6-7-8-9-10-11-12-34(36)47-32-31-46-30-29-45-28-27-44-26-25-43-24-23-42-22-21-41-20-19-40-18-17-39-16-15-38-14-13-33(35)37-2/h3-32H2,1-2H3. The number of rotatable bonds is 40. The van der Waals surface area contributed by atoms with Crippen LogP contribution in [0.1, 0.15) is 77.6 Å². The molecular formula is C34H66O13. The highest BCUT2D eigenvalue weighted by Crippen LogP contribution is 2.10. The summed E-state index contributed by atoms with van der Waals surface area (Å²) in [6.07, 6.45) is 11.8. The van der Waals surface area contributed by atoms with Gasteiger partial charge in [0, 0.05) is 6.42 Å². The number of carbonyl (C=O) groups is 2. The van der Waals surface area contributed by atoms with E-state index in [0.717, 1.165) is 12.8 Å². The minimum atomic E-state index is -0.287. The zero-order valence-corrected chi connectivity index (χ0v) is 29.5. The van der Waals surface area contributed by atoms with Crippen LogP contribution in [0.5, 0.6) is 0 Å². The van der Waals surface area contributed by atoms with Crippen LogP contribution < -0.4 is 0 Å². The first-order valence-corrected chi connectivity index (χ1v) is 17.6. The van der Waals surface area contributed by atoms with Crippen LogP contribution in [0, 0.1) is 0 Å². The molecule has 13 heteroatoms. The summed E-state index contributed by atoms with van der Waals surface area (Å²) in [6.45, 7) is 10.8. The molecular weight excluding hydrogens is 616 g/mol. The fourth-order valence-electron chi connectivity index (χ4n) is 3.99. The molecule has 280 valence electrons. The number of hydrogen-bond donors (Lipinski definition) is 0. The van der Waals surface area contributed by atoms with Crippen LogP contribution in [0.15, 0.2) is 0 Å². The lowest BCUT2D eigenvalue weighted by atomic mass is 10.1. The Kier molecular flexibility index (Phi) is 39.5. The molecule has 0 rings (SSSR count). The highest BCUT2D eigenvalue weighted by Gasteiger charge is 2.03. The summed E-state index contributed by atoms with van der Waals surface area (Å²) in [7, 11) is 1.35. The zero-order valence-electron chi connectivity index (χ0n) is 29.5. The summed E-state index contributed by atoms with van der Waals surface area (Å²) < 4.78 is 58.6. The molecule has 0 bridgehead atoms. The second kappa shape index (κ2) is 40.8. The van der Waals surface area contributed by atoms with E-state index < -0.39 is 0 Å². The third kappa shape index (κ3) is 40.7. The number of unbranched alkanes of at least 4 members (excludes halogenated alkanes) is 8. The Hall–Kier alpha value is -1.42. The quantitative estimate of drug-likeness (QED) is 0.0677. The first-order valence-electron chi connectivity index (χ1n) is 17.6. The van der Waals surface area contributed by atoms with Crippen LogP contribution in [0.25, 0.3) is 0 Å². The van der Waals surface area contributed by atoms with Crippen molar-refractivity contribution in [1.82, 2.24) is 0 Å². The van der Waals surface area contributed by atoms with Crippen molar-refractivity contribution in [2.45, 2.75) is 77.6 Å². The van der Waals surface area contributed by atoms with Crippen LogP contribution in [0.3, 0.4) is 0 Å². The molecule has 0 aliphatic heterocycles. The van der Waals surface area contributed by atoms with E-state index in [1.807, 2.05) is 0 Å². The summed E-state index contributed by atoms with van der Waals surface area (Å²) in [4.78, 5) is 22.7. The fourth-order valence-corrected chi connectivity index (χ4v) is 3.99. The van der Waals surface area contributed by atoms with Gasteiger partial charge in [-0.05, 0) is 6.42 Å². The Morgan fingerprint density at radius 3 is 0.979 bits per heavy atom. The molecule has 0 N–H and O–H groups in total. The summed E-state index contributed by atoms with van der Waals surface area (Å²) >= 11 is 0. The van der Waals surface area contributed by atoms with Crippen molar-refractivity contribution in [1.29, 1.82) is 0 Å². The molecule has 0 saturated heterocycles. The first-order chi connectivity index (χ1) is 23.2. The van der Waals surface area contributed by atoms with Gasteiger partial charge in [-0.2, -0.15) is 0 Å². The third-order valence-electron chi connectivity index (χ3n) is 6.63. The van der Waals surface area contributed by atoms with Crippen molar-refractivity contribution in [2.75, 3.05) is 133 Å². The zero-order chi connectivity index (χ0) is 34.1. The van der Waals surface area contributed by atoms with Crippen LogP contribution in [0.4, 0.5) is 0 Å². The van der Waals surface area contributed by atoms with Crippen LogP contribution in [-0.2, 0) is 61.7 Å². The maximum Gasteiger partial charge on any atom is 0.307 e. The number of esters is 2. The normalized spacial score (nSPS) is 11.3. The van der Waals surface area contributed by atoms with Gasteiger partial charge in [0.05, 0.1) is 132 Å². The van der Waals surface area contributed by atoms with E-state index in [1.165, 1.54) is 52.1 Å². The summed E-state index contributed by atoms with van der Waals surface area (Å²) in [5, 5.41) is 0. The van der Waals surface area contributed by atoms with Gasteiger partial charge in [-0.15, -0.1) is 0 Å². The molecule has 0 aromatic carbocycles.